The Balaban J connectivity index is 1.06. The van der Waals surface area contributed by atoms with Crippen LogP contribution in [0, 0.1) is 0 Å². The van der Waals surface area contributed by atoms with Gasteiger partial charge in [0.2, 0.25) is 0 Å². The summed E-state index contributed by atoms with van der Waals surface area (Å²) in [4.78, 5) is 15.5. The summed E-state index contributed by atoms with van der Waals surface area (Å²) < 4.78 is 7.43. The van der Waals surface area contributed by atoms with Gasteiger partial charge in [-0.05, 0) is 59.7 Å². The Morgan fingerprint density at radius 2 is 0.965 bits per heavy atom. The highest BCUT2D eigenvalue weighted by Crippen LogP contribution is 2.43. The second kappa shape index (κ2) is 12.8. The number of nitrogens with zero attached hydrogens (tertiary/aromatic N) is 4. The predicted octanol–water partition coefficient (Wildman–Crippen LogP) is 14.4. The molecule has 4 nitrogen and oxygen atoms in total. The van der Waals surface area contributed by atoms with Gasteiger partial charge in [-0.2, -0.15) is 0 Å². The van der Waals surface area contributed by atoms with Crippen molar-refractivity contribution in [3.63, 3.8) is 0 Å². The summed E-state index contributed by atoms with van der Waals surface area (Å²) in [5.74, 6) is 1.95. The average Bonchev–Trinajstić information content (AvgIpc) is 3.96. The first-order valence-electron chi connectivity index (χ1n) is 19.0. The zero-order chi connectivity index (χ0) is 37.5. The Kier molecular flexibility index (Phi) is 7.24. The van der Waals surface area contributed by atoms with E-state index in [9.17, 15) is 0 Å². The van der Waals surface area contributed by atoms with Crippen LogP contribution in [0.4, 0.5) is 0 Å². The fourth-order valence-corrected chi connectivity index (χ4v) is 10.8. The number of hydrogen-bond acceptors (Lipinski definition) is 5. The smallest absolute Gasteiger partial charge is 0.165 e. The van der Waals surface area contributed by atoms with Gasteiger partial charge in [-0.15, -0.1) is 22.7 Å². The number of aromatic nitrogens is 4. The average molecular weight is 763 g/mol. The first kappa shape index (κ1) is 32.3. The third-order valence-corrected chi connectivity index (χ3v) is 13.4. The standard InChI is InChI=1S/C51H30N4S2/c1-2-13-31(14-3-1)49-52-50(54-51(53-49)41-22-11-21-39-38-18-5-8-24-44(38)57-48(39)41)33-15-10-16-34(29-33)55-42-23-7-4-17-36(42)37-28-27-32(30-43(37)55)35-20-12-26-46-47(35)40-19-6-9-25-45(40)56-46/h1-30H. The second-order valence-corrected chi connectivity index (χ2v) is 16.5. The van der Waals surface area contributed by atoms with Gasteiger partial charge in [0.25, 0.3) is 0 Å². The monoisotopic (exact) mass is 762 g/mol. The molecule has 0 radical (unpaired) electrons. The molecule has 0 aliphatic heterocycles. The number of hydrogen-bond donors (Lipinski definition) is 0. The molecule has 8 aromatic carbocycles. The molecule has 266 valence electrons. The van der Waals surface area contributed by atoms with Crippen LogP contribution >= 0.6 is 22.7 Å². The van der Waals surface area contributed by atoms with Gasteiger partial charge in [0.15, 0.2) is 17.5 Å². The van der Waals surface area contributed by atoms with E-state index < -0.39 is 0 Å². The summed E-state index contributed by atoms with van der Waals surface area (Å²) in [6.45, 7) is 0. The molecule has 0 unspecified atom stereocenters. The number of thiophene rings is 2. The van der Waals surface area contributed by atoms with Gasteiger partial charge in [-0.25, -0.2) is 15.0 Å². The van der Waals surface area contributed by atoms with Gasteiger partial charge < -0.3 is 4.57 Å². The summed E-state index contributed by atoms with van der Waals surface area (Å²) >= 11 is 3.64. The number of fused-ring (bicyclic) bond motifs is 9. The third-order valence-electron chi connectivity index (χ3n) is 11.1. The first-order valence-corrected chi connectivity index (χ1v) is 20.7. The first-order chi connectivity index (χ1) is 28.2. The van der Waals surface area contributed by atoms with Gasteiger partial charge in [-0.3, -0.25) is 0 Å². The fraction of sp³-hybridized carbons (Fsp3) is 0. The summed E-state index contributed by atoms with van der Waals surface area (Å²) in [5.41, 5.74) is 8.68. The minimum atomic E-state index is 0.635. The molecular weight excluding hydrogens is 733 g/mol. The second-order valence-electron chi connectivity index (χ2n) is 14.4. The number of benzene rings is 8. The van der Waals surface area contributed by atoms with E-state index in [1.54, 1.807) is 11.3 Å². The Hall–Kier alpha value is -6.99. The summed E-state index contributed by atoms with van der Waals surface area (Å²) in [6, 6.07) is 64.9. The van der Waals surface area contributed by atoms with E-state index in [-0.39, 0.29) is 0 Å². The lowest BCUT2D eigenvalue weighted by atomic mass is 9.98. The van der Waals surface area contributed by atoms with Crippen molar-refractivity contribution in [2.45, 2.75) is 0 Å². The molecular formula is C51H30N4S2. The summed E-state index contributed by atoms with van der Waals surface area (Å²) in [7, 11) is 0. The van der Waals surface area contributed by atoms with Crippen molar-refractivity contribution in [3.8, 4) is 51.0 Å². The van der Waals surface area contributed by atoms with Gasteiger partial charge in [0, 0.05) is 73.5 Å². The van der Waals surface area contributed by atoms with E-state index >= 15 is 0 Å². The third kappa shape index (κ3) is 5.15. The molecule has 0 fully saturated rings. The molecule has 0 saturated heterocycles. The van der Waals surface area contributed by atoms with Crippen molar-refractivity contribution >= 4 is 84.8 Å². The van der Waals surface area contributed by atoms with Crippen LogP contribution in [-0.2, 0) is 0 Å². The van der Waals surface area contributed by atoms with Crippen LogP contribution in [0.2, 0.25) is 0 Å². The van der Waals surface area contributed by atoms with E-state index in [4.69, 9.17) is 15.0 Å². The number of rotatable bonds is 5. The maximum atomic E-state index is 5.25. The molecule has 12 aromatic rings. The van der Waals surface area contributed by atoms with E-state index in [2.05, 4.69) is 168 Å². The molecule has 4 heterocycles. The topological polar surface area (TPSA) is 43.6 Å². The SMILES string of the molecule is c1ccc(-c2nc(-c3cccc(-n4c5ccccc5c5ccc(-c6cccc7sc8ccccc8c67)cc54)c3)nc(-c3cccc4c3sc3ccccc34)n2)cc1. The van der Waals surface area contributed by atoms with Crippen LogP contribution in [0.5, 0.6) is 0 Å². The highest BCUT2D eigenvalue weighted by molar-refractivity contribution is 7.26. The molecule has 0 bridgehead atoms. The molecule has 12 rings (SSSR count). The quantitative estimate of drug-likeness (QED) is 0.175. The van der Waals surface area contributed by atoms with Gasteiger partial charge in [0.05, 0.1) is 11.0 Å². The van der Waals surface area contributed by atoms with Crippen LogP contribution in [0.25, 0.3) is 113 Å². The van der Waals surface area contributed by atoms with E-state index in [1.807, 2.05) is 29.5 Å². The molecule has 0 aliphatic rings. The van der Waals surface area contributed by atoms with Crippen molar-refractivity contribution in [1.29, 1.82) is 0 Å². The minimum Gasteiger partial charge on any atom is -0.309 e. The van der Waals surface area contributed by atoms with E-state index in [0.717, 1.165) is 33.4 Å². The zero-order valence-corrected chi connectivity index (χ0v) is 32.1. The predicted molar refractivity (Wildman–Crippen MR) is 242 cm³/mol. The normalized spacial score (nSPS) is 11.9. The Morgan fingerprint density at radius 1 is 0.351 bits per heavy atom. The number of para-hydroxylation sites is 1. The molecule has 0 saturated carbocycles. The fourth-order valence-electron chi connectivity index (χ4n) is 8.48. The molecule has 57 heavy (non-hydrogen) atoms. The molecule has 4 aromatic heterocycles. The van der Waals surface area contributed by atoms with E-state index in [0.29, 0.717) is 17.5 Å². The van der Waals surface area contributed by atoms with Crippen LogP contribution in [0.3, 0.4) is 0 Å². The molecule has 0 aliphatic carbocycles. The molecule has 0 spiro atoms. The highest BCUT2D eigenvalue weighted by Gasteiger charge is 2.19. The minimum absolute atomic E-state index is 0.635. The van der Waals surface area contributed by atoms with Crippen molar-refractivity contribution < 1.29 is 0 Å². The Bertz CT molecular complexity index is 3540. The molecule has 0 amide bonds. The Morgan fingerprint density at radius 3 is 1.84 bits per heavy atom. The van der Waals surface area contributed by atoms with Gasteiger partial charge >= 0.3 is 0 Å². The van der Waals surface area contributed by atoms with Crippen LogP contribution in [-0.4, -0.2) is 19.5 Å². The zero-order valence-electron chi connectivity index (χ0n) is 30.4. The molecule has 0 atom stereocenters. The maximum Gasteiger partial charge on any atom is 0.165 e. The lowest BCUT2D eigenvalue weighted by molar-refractivity contribution is 1.07. The molecule has 6 heteroatoms. The summed E-state index contributed by atoms with van der Waals surface area (Å²) in [6.07, 6.45) is 0. The highest BCUT2D eigenvalue weighted by atomic mass is 32.1. The largest absolute Gasteiger partial charge is 0.309 e. The van der Waals surface area contributed by atoms with Crippen molar-refractivity contribution in [1.82, 2.24) is 19.5 Å². The summed E-state index contributed by atoms with van der Waals surface area (Å²) in [5, 5.41) is 7.51. The lowest BCUT2D eigenvalue weighted by Gasteiger charge is -2.12. The lowest BCUT2D eigenvalue weighted by Crippen LogP contribution is -2.01. The van der Waals surface area contributed by atoms with Crippen LogP contribution < -0.4 is 0 Å². The molecule has 0 N–H and O–H groups in total. The van der Waals surface area contributed by atoms with E-state index in [1.165, 1.54) is 62.2 Å². The van der Waals surface area contributed by atoms with Gasteiger partial charge in [-0.1, -0.05) is 133 Å². The van der Waals surface area contributed by atoms with Crippen molar-refractivity contribution in [2.24, 2.45) is 0 Å². The van der Waals surface area contributed by atoms with Gasteiger partial charge in [0.1, 0.15) is 0 Å². The van der Waals surface area contributed by atoms with Crippen LogP contribution in [0.1, 0.15) is 0 Å². The van der Waals surface area contributed by atoms with Crippen LogP contribution in [0.15, 0.2) is 182 Å². The maximum absolute atomic E-state index is 5.25. The van der Waals surface area contributed by atoms with Crippen molar-refractivity contribution in [3.05, 3.63) is 182 Å². The Labute approximate surface area is 335 Å². The van der Waals surface area contributed by atoms with Crippen molar-refractivity contribution in [2.75, 3.05) is 0 Å².